The highest BCUT2D eigenvalue weighted by Gasteiger charge is 2.24. The maximum absolute atomic E-state index is 13.3. The van der Waals surface area contributed by atoms with Gasteiger partial charge in [-0.15, -0.1) is 10.2 Å². The third-order valence-electron chi connectivity index (χ3n) is 6.28. The maximum Gasteiger partial charge on any atom is 0.241 e. The van der Waals surface area contributed by atoms with Crippen molar-refractivity contribution < 1.29 is 8.42 Å². The first-order valence-corrected chi connectivity index (χ1v) is 14.1. The molecule has 0 bridgehead atoms. The Morgan fingerprint density at radius 3 is 2.58 bits per heavy atom. The highest BCUT2D eigenvalue weighted by molar-refractivity contribution is 7.97. The largest absolute Gasteiger partial charge is 0.241 e. The number of nitrogens with zero attached hydrogens (tertiary/aromatic N) is 4. The lowest BCUT2D eigenvalue weighted by Crippen LogP contribution is -2.36. The van der Waals surface area contributed by atoms with Crippen molar-refractivity contribution in [3.8, 4) is 11.3 Å². The number of rotatable bonds is 6. The average Bonchev–Trinajstić information content (AvgIpc) is 3.22. The zero-order chi connectivity index (χ0) is 23.0. The average molecular weight is 482 g/mol. The molecule has 0 saturated heterocycles. The maximum atomic E-state index is 13.3. The number of hydrogen-bond donors (Lipinski definition) is 1. The molecule has 2 aromatic carbocycles. The van der Waals surface area contributed by atoms with E-state index in [0.717, 1.165) is 59.1 Å². The van der Waals surface area contributed by atoms with Crippen molar-refractivity contribution in [3.05, 3.63) is 53.9 Å². The minimum absolute atomic E-state index is 0.00763. The van der Waals surface area contributed by atoms with Gasteiger partial charge in [0.05, 0.1) is 16.3 Å². The molecule has 9 heteroatoms. The normalized spacial score (nSPS) is 15.5. The van der Waals surface area contributed by atoms with Gasteiger partial charge in [0.1, 0.15) is 0 Å². The quantitative estimate of drug-likeness (QED) is 0.428. The second-order valence-electron chi connectivity index (χ2n) is 8.62. The van der Waals surface area contributed by atoms with Gasteiger partial charge in [-0.05, 0) is 37.7 Å². The first-order valence-electron chi connectivity index (χ1n) is 11.2. The number of hydrogen-bond acceptors (Lipinski definition) is 6. The van der Waals surface area contributed by atoms with E-state index in [-0.39, 0.29) is 6.04 Å². The van der Waals surface area contributed by atoms with Gasteiger partial charge in [0, 0.05) is 22.4 Å². The van der Waals surface area contributed by atoms with E-state index < -0.39 is 10.0 Å². The van der Waals surface area contributed by atoms with E-state index in [0.29, 0.717) is 16.3 Å². The Morgan fingerprint density at radius 2 is 1.82 bits per heavy atom. The number of aromatic nitrogens is 4. The van der Waals surface area contributed by atoms with Crippen molar-refractivity contribution in [3.63, 3.8) is 0 Å². The fourth-order valence-corrected chi connectivity index (χ4v) is 6.61. The van der Waals surface area contributed by atoms with Crippen molar-refractivity contribution in [1.82, 2.24) is 24.5 Å². The smallest absolute Gasteiger partial charge is 0.208 e. The molecular formula is C24H27N5O2S2. The third kappa shape index (κ3) is 4.25. The van der Waals surface area contributed by atoms with Crippen LogP contribution in [0.1, 0.15) is 43.5 Å². The van der Waals surface area contributed by atoms with Crippen LogP contribution in [0.5, 0.6) is 0 Å². The van der Waals surface area contributed by atoms with E-state index in [1.807, 2.05) is 49.6 Å². The SMILES string of the molecule is CSCc1nnc2c3ccccc3c(-c3ccc(C)c(S(=O)(=O)NC4CCCCC4)c3)nn12. The van der Waals surface area contributed by atoms with E-state index in [9.17, 15) is 8.42 Å². The van der Waals surface area contributed by atoms with E-state index >= 15 is 0 Å². The van der Waals surface area contributed by atoms with Crippen LogP contribution in [0.3, 0.4) is 0 Å². The highest BCUT2D eigenvalue weighted by Crippen LogP contribution is 2.32. The van der Waals surface area contributed by atoms with Gasteiger partial charge in [0.15, 0.2) is 11.5 Å². The van der Waals surface area contributed by atoms with Crippen LogP contribution in [-0.4, -0.2) is 40.5 Å². The molecule has 1 saturated carbocycles. The predicted octanol–water partition coefficient (Wildman–Crippen LogP) is 4.73. The molecule has 4 aromatic rings. The molecule has 0 aliphatic heterocycles. The number of nitrogens with one attached hydrogen (secondary N) is 1. The van der Waals surface area contributed by atoms with Crippen molar-refractivity contribution in [1.29, 1.82) is 0 Å². The molecule has 2 aromatic heterocycles. The summed E-state index contributed by atoms with van der Waals surface area (Å²) in [5.41, 5.74) is 2.90. The summed E-state index contributed by atoms with van der Waals surface area (Å²) in [5, 5.41) is 15.4. The predicted molar refractivity (Wildman–Crippen MR) is 133 cm³/mol. The molecule has 0 atom stereocenters. The summed E-state index contributed by atoms with van der Waals surface area (Å²) in [4.78, 5) is 0.310. The lowest BCUT2D eigenvalue weighted by molar-refractivity contribution is 0.412. The summed E-state index contributed by atoms with van der Waals surface area (Å²) < 4.78 is 31.4. The molecule has 33 heavy (non-hydrogen) atoms. The highest BCUT2D eigenvalue weighted by atomic mass is 32.2. The van der Waals surface area contributed by atoms with Crippen molar-refractivity contribution in [2.45, 2.75) is 55.7 Å². The first-order chi connectivity index (χ1) is 16.0. The topological polar surface area (TPSA) is 89.2 Å². The van der Waals surface area contributed by atoms with Crippen LogP contribution >= 0.6 is 11.8 Å². The number of aryl methyl sites for hydroxylation is 1. The molecule has 1 N–H and O–H groups in total. The summed E-state index contributed by atoms with van der Waals surface area (Å²) >= 11 is 1.65. The van der Waals surface area contributed by atoms with Gasteiger partial charge >= 0.3 is 0 Å². The molecule has 1 aliphatic carbocycles. The van der Waals surface area contributed by atoms with Gasteiger partial charge in [0.25, 0.3) is 0 Å². The molecule has 2 heterocycles. The molecule has 172 valence electrons. The second kappa shape index (κ2) is 9.04. The van der Waals surface area contributed by atoms with Gasteiger partial charge < -0.3 is 0 Å². The number of benzene rings is 2. The summed E-state index contributed by atoms with van der Waals surface area (Å²) in [6.07, 6.45) is 7.12. The number of fused-ring (bicyclic) bond motifs is 3. The molecular weight excluding hydrogens is 454 g/mol. The Balaban J connectivity index is 1.65. The van der Waals surface area contributed by atoms with Crippen LogP contribution in [0, 0.1) is 6.92 Å². The Labute approximate surface area is 198 Å². The Hall–Kier alpha value is -2.49. The van der Waals surface area contributed by atoms with E-state index in [1.165, 1.54) is 6.42 Å². The van der Waals surface area contributed by atoms with Crippen molar-refractivity contribution >= 4 is 38.2 Å². The van der Waals surface area contributed by atoms with E-state index in [1.54, 1.807) is 22.3 Å². The molecule has 7 nitrogen and oxygen atoms in total. The van der Waals surface area contributed by atoms with Crippen LogP contribution in [0.15, 0.2) is 47.4 Å². The third-order valence-corrected chi connectivity index (χ3v) is 8.49. The van der Waals surface area contributed by atoms with Gasteiger partial charge in [-0.2, -0.15) is 21.4 Å². The van der Waals surface area contributed by atoms with Crippen molar-refractivity contribution in [2.24, 2.45) is 0 Å². The second-order valence-corrected chi connectivity index (χ2v) is 11.2. The van der Waals surface area contributed by atoms with Crippen molar-refractivity contribution in [2.75, 3.05) is 6.26 Å². The van der Waals surface area contributed by atoms with Gasteiger partial charge in [-0.25, -0.2) is 13.1 Å². The molecule has 0 unspecified atom stereocenters. The van der Waals surface area contributed by atoms with Gasteiger partial charge in [-0.3, -0.25) is 0 Å². The van der Waals surface area contributed by atoms with Crippen LogP contribution < -0.4 is 4.72 Å². The van der Waals surface area contributed by atoms with E-state index in [4.69, 9.17) is 5.10 Å². The molecule has 5 rings (SSSR count). The lowest BCUT2D eigenvalue weighted by atomic mass is 9.96. The summed E-state index contributed by atoms with van der Waals surface area (Å²) in [6, 6.07) is 13.5. The fourth-order valence-electron chi connectivity index (χ4n) is 4.60. The number of thioether (sulfide) groups is 1. The molecule has 1 fully saturated rings. The van der Waals surface area contributed by atoms with E-state index in [2.05, 4.69) is 14.9 Å². The van der Waals surface area contributed by atoms with Gasteiger partial charge in [-0.1, -0.05) is 55.7 Å². The molecule has 0 spiro atoms. The minimum atomic E-state index is -3.64. The fraction of sp³-hybridized carbons (Fsp3) is 0.375. The minimum Gasteiger partial charge on any atom is -0.208 e. The van der Waals surface area contributed by atoms with Crippen LogP contribution in [0.2, 0.25) is 0 Å². The lowest BCUT2D eigenvalue weighted by Gasteiger charge is -2.23. The van der Waals surface area contributed by atoms with Crippen LogP contribution in [-0.2, 0) is 15.8 Å². The Kier molecular flexibility index (Phi) is 6.11. The Bertz CT molecular complexity index is 1430. The zero-order valence-electron chi connectivity index (χ0n) is 18.8. The monoisotopic (exact) mass is 481 g/mol. The summed E-state index contributed by atoms with van der Waals surface area (Å²) in [6.45, 7) is 1.84. The summed E-state index contributed by atoms with van der Waals surface area (Å²) in [5.74, 6) is 1.45. The first kappa shape index (κ1) is 22.3. The summed E-state index contributed by atoms with van der Waals surface area (Å²) in [7, 11) is -3.64. The molecule has 0 amide bonds. The standard InChI is InChI=1S/C24H27N5O2S2/c1-16-12-13-17(14-21(16)33(30,31)28-18-8-4-3-5-9-18)23-19-10-6-7-11-20(19)24-26-25-22(15-32-2)29(24)27-23/h6-7,10-14,18,28H,3-5,8-9,15H2,1-2H3. The Morgan fingerprint density at radius 1 is 1.06 bits per heavy atom. The molecule has 1 aliphatic rings. The molecule has 0 radical (unpaired) electrons. The van der Waals surface area contributed by atoms with Gasteiger partial charge in [0.2, 0.25) is 10.0 Å². The van der Waals surface area contributed by atoms with Crippen LogP contribution in [0.4, 0.5) is 0 Å². The van der Waals surface area contributed by atoms with Crippen LogP contribution in [0.25, 0.3) is 27.7 Å². The zero-order valence-corrected chi connectivity index (χ0v) is 20.4. The number of sulfonamides is 1.